The molecule has 0 bridgehead atoms. The zero-order valence-electron chi connectivity index (χ0n) is 18.0. The Labute approximate surface area is 178 Å². The first-order valence-corrected chi connectivity index (χ1v) is 10.4. The van der Waals surface area contributed by atoms with Gasteiger partial charge in [0.2, 0.25) is 0 Å². The molecule has 6 nitrogen and oxygen atoms in total. The molecule has 6 heteroatoms. The summed E-state index contributed by atoms with van der Waals surface area (Å²) in [7, 11) is 0. The second-order valence-electron chi connectivity index (χ2n) is 6.90. The zero-order chi connectivity index (χ0) is 21.8. The van der Waals surface area contributed by atoms with E-state index in [4.69, 9.17) is 14.2 Å². The highest BCUT2D eigenvalue weighted by molar-refractivity contribution is 6.04. The monoisotopic (exact) mass is 413 g/mol. The van der Waals surface area contributed by atoms with Gasteiger partial charge in [0.1, 0.15) is 12.4 Å². The highest BCUT2D eigenvalue weighted by Crippen LogP contribution is 2.17. The molecule has 0 saturated carbocycles. The van der Waals surface area contributed by atoms with Crippen molar-refractivity contribution in [1.82, 2.24) is 0 Å². The molecule has 1 atom stereocenters. The van der Waals surface area contributed by atoms with Crippen molar-refractivity contribution in [3.05, 3.63) is 59.7 Å². The van der Waals surface area contributed by atoms with E-state index in [1.54, 1.807) is 31.2 Å². The predicted octanol–water partition coefficient (Wildman–Crippen LogP) is 4.63. The third kappa shape index (κ3) is 7.87. The third-order valence-electron chi connectivity index (χ3n) is 4.47. The molecule has 0 aliphatic carbocycles. The van der Waals surface area contributed by atoms with Gasteiger partial charge in [-0.3, -0.25) is 4.79 Å². The van der Waals surface area contributed by atoms with E-state index in [-0.39, 0.29) is 12.5 Å². The van der Waals surface area contributed by atoms with Gasteiger partial charge in [0.05, 0.1) is 6.61 Å². The lowest BCUT2D eigenvalue weighted by molar-refractivity contribution is -0.152. The van der Waals surface area contributed by atoms with Gasteiger partial charge in [-0.2, -0.15) is 0 Å². The van der Waals surface area contributed by atoms with Crippen LogP contribution in [0.25, 0.3) is 0 Å². The minimum absolute atomic E-state index is 0.194. The molecule has 2 aromatic rings. The first-order chi connectivity index (χ1) is 14.5. The van der Waals surface area contributed by atoms with E-state index in [9.17, 15) is 9.59 Å². The van der Waals surface area contributed by atoms with Crippen molar-refractivity contribution in [2.45, 2.75) is 46.1 Å². The Bertz CT molecular complexity index is 786. The van der Waals surface area contributed by atoms with Crippen LogP contribution < -0.4 is 10.1 Å². The number of amides is 1. The molecule has 1 amide bonds. The minimum atomic E-state index is -0.752. The smallest absolute Gasteiger partial charge is 0.347 e. The maximum absolute atomic E-state index is 12.4. The van der Waals surface area contributed by atoms with Crippen LogP contribution in [0.2, 0.25) is 0 Å². The van der Waals surface area contributed by atoms with Crippen molar-refractivity contribution < 1.29 is 23.8 Å². The van der Waals surface area contributed by atoms with Crippen molar-refractivity contribution >= 4 is 17.6 Å². The Kier molecular flexibility index (Phi) is 9.87. The van der Waals surface area contributed by atoms with Gasteiger partial charge in [0, 0.05) is 17.9 Å². The fourth-order valence-electron chi connectivity index (χ4n) is 2.74. The molecule has 0 aliphatic heterocycles. The van der Waals surface area contributed by atoms with Crippen LogP contribution in [0.3, 0.4) is 0 Å². The van der Waals surface area contributed by atoms with E-state index in [0.717, 1.165) is 24.9 Å². The van der Waals surface area contributed by atoms with E-state index in [1.165, 1.54) is 5.56 Å². The Morgan fingerprint density at radius 3 is 2.30 bits per heavy atom. The molecule has 2 aromatic carbocycles. The number of hydrogen-bond donors (Lipinski definition) is 1. The average molecular weight is 414 g/mol. The normalized spacial score (nSPS) is 11.6. The SMILES string of the molecule is CCCCc1ccc(NC(=O)c2ccc(O[C@H](C)C(=O)OCCOCC)cc2)cc1. The quantitative estimate of drug-likeness (QED) is 0.406. The second-order valence-corrected chi connectivity index (χ2v) is 6.90. The topological polar surface area (TPSA) is 73.9 Å². The van der Waals surface area contributed by atoms with Crippen molar-refractivity contribution in [3.8, 4) is 5.75 Å². The summed E-state index contributed by atoms with van der Waals surface area (Å²) in [6.07, 6.45) is 2.61. The molecular weight excluding hydrogens is 382 g/mol. The van der Waals surface area contributed by atoms with Gasteiger partial charge in [0.15, 0.2) is 6.10 Å². The van der Waals surface area contributed by atoms with E-state index >= 15 is 0 Å². The van der Waals surface area contributed by atoms with Gasteiger partial charge in [-0.15, -0.1) is 0 Å². The van der Waals surface area contributed by atoms with Crippen molar-refractivity contribution in [1.29, 1.82) is 0 Å². The van der Waals surface area contributed by atoms with E-state index < -0.39 is 12.1 Å². The molecule has 2 rings (SSSR count). The minimum Gasteiger partial charge on any atom is -0.479 e. The first kappa shape index (κ1) is 23.4. The van der Waals surface area contributed by atoms with Gasteiger partial charge in [-0.25, -0.2) is 4.79 Å². The highest BCUT2D eigenvalue weighted by atomic mass is 16.6. The van der Waals surface area contributed by atoms with Crippen LogP contribution in [0, 0.1) is 0 Å². The molecule has 30 heavy (non-hydrogen) atoms. The molecule has 0 radical (unpaired) electrons. The number of ether oxygens (including phenoxy) is 3. The first-order valence-electron chi connectivity index (χ1n) is 10.4. The molecule has 1 N–H and O–H groups in total. The number of carbonyl (C=O) groups is 2. The van der Waals surface area contributed by atoms with Crippen LogP contribution in [0.15, 0.2) is 48.5 Å². The summed E-state index contributed by atoms with van der Waals surface area (Å²) in [5.74, 6) is -0.175. The van der Waals surface area contributed by atoms with Crippen molar-refractivity contribution in [2.75, 3.05) is 25.1 Å². The van der Waals surface area contributed by atoms with Gasteiger partial charge in [0.25, 0.3) is 5.91 Å². The molecule has 162 valence electrons. The maximum Gasteiger partial charge on any atom is 0.347 e. The number of benzene rings is 2. The lowest BCUT2D eigenvalue weighted by atomic mass is 10.1. The lowest BCUT2D eigenvalue weighted by Crippen LogP contribution is -2.27. The number of rotatable bonds is 12. The summed E-state index contributed by atoms with van der Waals surface area (Å²) in [4.78, 5) is 24.4. The molecular formula is C24H31NO5. The number of anilines is 1. The standard InChI is InChI=1S/C24H31NO5/c1-4-6-7-19-8-12-21(13-9-19)25-23(26)20-10-14-22(15-11-20)30-18(3)24(27)29-17-16-28-5-2/h8-15,18H,4-7,16-17H2,1-3H3,(H,25,26)/t18-/m1/s1. The summed E-state index contributed by atoms with van der Waals surface area (Å²) in [5.41, 5.74) is 2.52. The van der Waals surface area contributed by atoms with Crippen molar-refractivity contribution in [3.63, 3.8) is 0 Å². The summed E-state index contributed by atoms with van der Waals surface area (Å²) < 4.78 is 15.8. The largest absolute Gasteiger partial charge is 0.479 e. The van der Waals surface area contributed by atoms with Gasteiger partial charge in [-0.1, -0.05) is 25.5 Å². The van der Waals surface area contributed by atoms with Gasteiger partial charge < -0.3 is 19.5 Å². The average Bonchev–Trinajstić information content (AvgIpc) is 2.76. The number of aryl methyl sites for hydroxylation is 1. The zero-order valence-corrected chi connectivity index (χ0v) is 18.0. The summed E-state index contributed by atoms with van der Waals surface area (Å²) >= 11 is 0. The second kappa shape index (κ2) is 12.6. The maximum atomic E-state index is 12.4. The highest BCUT2D eigenvalue weighted by Gasteiger charge is 2.16. The molecule has 0 heterocycles. The van der Waals surface area contributed by atoms with E-state index in [0.29, 0.717) is 24.5 Å². The van der Waals surface area contributed by atoms with Crippen molar-refractivity contribution in [2.24, 2.45) is 0 Å². The Morgan fingerprint density at radius 1 is 0.967 bits per heavy atom. The number of hydrogen-bond acceptors (Lipinski definition) is 5. The van der Waals surface area contributed by atoms with Crippen LogP contribution in [-0.4, -0.2) is 37.8 Å². The molecule has 0 unspecified atom stereocenters. The summed E-state index contributed by atoms with van der Waals surface area (Å²) in [6.45, 7) is 6.80. The Morgan fingerprint density at radius 2 is 1.67 bits per heavy atom. The third-order valence-corrected chi connectivity index (χ3v) is 4.47. The summed E-state index contributed by atoms with van der Waals surface area (Å²) in [5, 5.41) is 2.89. The molecule has 0 aliphatic rings. The fraction of sp³-hybridized carbons (Fsp3) is 0.417. The van der Waals surface area contributed by atoms with E-state index in [2.05, 4.69) is 12.2 Å². The van der Waals surface area contributed by atoms with Crippen LogP contribution in [-0.2, 0) is 20.7 Å². The molecule has 0 saturated heterocycles. The lowest BCUT2D eigenvalue weighted by Gasteiger charge is -2.14. The summed E-state index contributed by atoms with van der Waals surface area (Å²) in [6, 6.07) is 14.5. The molecule has 0 aromatic heterocycles. The Balaban J connectivity index is 1.84. The Hall–Kier alpha value is -2.86. The van der Waals surface area contributed by atoms with Crippen LogP contribution >= 0.6 is 0 Å². The van der Waals surface area contributed by atoms with Gasteiger partial charge >= 0.3 is 5.97 Å². The van der Waals surface area contributed by atoms with Gasteiger partial charge in [-0.05, 0) is 68.7 Å². The van der Waals surface area contributed by atoms with Crippen LogP contribution in [0.5, 0.6) is 5.75 Å². The number of carbonyl (C=O) groups excluding carboxylic acids is 2. The fourth-order valence-corrected chi connectivity index (χ4v) is 2.74. The molecule has 0 fully saturated rings. The number of unbranched alkanes of at least 4 members (excludes halogenated alkanes) is 1. The molecule has 0 spiro atoms. The van der Waals surface area contributed by atoms with Crippen LogP contribution in [0.1, 0.15) is 49.5 Å². The van der Waals surface area contributed by atoms with Crippen LogP contribution in [0.4, 0.5) is 5.69 Å². The number of esters is 1. The predicted molar refractivity (Wildman–Crippen MR) is 117 cm³/mol. The van der Waals surface area contributed by atoms with E-state index in [1.807, 2.05) is 31.2 Å². The number of nitrogens with one attached hydrogen (secondary N) is 1.